The largest absolute Gasteiger partial charge is 0.451 e. The topological polar surface area (TPSA) is 133 Å². The first-order valence-corrected chi connectivity index (χ1v) is 10.5. The molecule has 2 fully saturated rings. The van der Waals surface area contributed by atoms with Gasteiger partial charge in [0.05, 0.1) is 0 Å². The van der Waals surface area contributed by atoms with Gasteiger partial charge in [-0.05, 0) is 45.3 Å². The lowest BCUT2D eigenvalue weighted by Gasteiger charge is -2.34. The van der Waals surface area contributed by atoms with Gasteiger partial charge in [-0.25, -0.2) is 0 Å². The third-order valence-corrected chi connectivity index (χ3v) is 8.01. The lowest BCUT2D eigenvalue weighted by atomic mass is 9.79. The van der Waals surface area contributed by atoms with Crippen molar-refractivity contribution in [3.8, 4) is 0 Å². The van der Waals surface area contributed by atoms with Gasteiger partial charge in [0.2, 0.25) is 0 Å². The fourth-order valence-electron chi connectivity index (χ4n) is 3.81. The molecule has 1 aliphatic heterocycles. The van der Waals surface area contributed by atoms with Gasteiger partial charge in [0.15, 0.2) is 0 Å². The fourth-order valence-corrected chi connectivity index (χ4v) is 5.85. The summed E-state index contributed by atoms with van der Waals surface area (Å²) < 4.78 is 29.3. The highest BCUT2D eigenvalue weighted by molar-refractivity contribution is 7.86. The molecular formula is C15H33BN4O4S. The Labute approximate surface area is 151 Å². The quantitative estimate of drug-likeness (QED) is 0.395. The van der Waals surface area contributed by atoms with Crippen LogP contribution in [0.15, 0.2) is 0 Å². The maximum Gasteiger partial charge on any atom is 0.451 e. The van der Waals surface area contributed by atoms with Crippen molar-refractivity contribution < 1.29 is 18.5 Å². The molecule has 10 heteroatoms. The maximum atomic E-state index is 13.2. The molecule has 0 aromatic rings. The highest BCUT2D eigenvalue weighted by atomic mass is 32.2. The van der Waals surface area contributed by atoms with E-state index in [9.17, 15) is 8.42 Å². The summed E-state index contributed by atoms with van der Waals surface area (Å²) in [5, 5.41) is 18.0. The molecule has 146 valence electrons. The summed E-state index contributed by atoms with van der Waals surface area (Å²) in [5.74, 6) is -0.0113. The first kappa shape index (κ1) is 21.1. The second kappa shape index (κ2) is 7.42. The van der Waals surface area contributed by atoms with Crippen molar-refractivity contribution >= 4 is 17.3 Å². The van der Waals surface area contributed by atoms with Crippen molar-refractivity contribution in [3.63, 3.8) is 0 Å². The molecule has 0 radical (unpaired) electrons. The molecule has 1 heterocycles. The molecule has 1 unspecified atom stereocenters. The van der Waals surface area contributed by atoms with Crippen molar-refractivity contribution in [2.24, 2.45) is 17.4 Å². The molecule has 0 bridgehead atoms. The van der Waals surface area contributed by atoms with E-state index in [0.717, 1.165) is 12.8 Å². The molecule has 2 rings (SSSR count). The van der Waals surface area contributed by atoms with Gasteiger partial charge in [-0.15, -0.1) is 0 Å². The second-order valence-corrected chi connectivity index (χ2v) is 9.91. The van der Waals surface area contributed by atoms with Crippen molar-refractivity contribution in [2.75, 3.05) is 19.6 Å². The molecule has 8 nitrogen and oxygen atoms in total. The minimum Gasteiger partial charge on any atom is -0.427 e. The average molecular weight is 376 g/mol. The van der Waals surface area contributed by atoms with E-state index in [-0.39, 0.29) is 24.8 Å². The predicted molar refractivity (Wildman–Crippen MR) is 98.8 cm³/mol. The Bertz CT molecular complexity index is 568. The summed E-state index contributed by atoms with van der Waals surface area (Å²) in [5.41, 5.74) is 11.6. The van der Waals surface area contributed by atoms with Gasteiger partial charge in [0.25, 0.3) is 10.2 Å². The molecule has 0 aromatic heterocycles. The van der Waals surface area contributed by atoms with E-state index < -0.39 is 28.4 Å². The van der Waals surface area contributed by atoms with Crippen LogP contribution >= 0.6 is 0 Å². The van der Waals surface area contributed by atoms with Gasteiger partial charge < -0.3 is 21.5 Å². The zero-order valence-corrected chi connectivity index (χ0v) is 16.4. The molecular weight excluding hydrogens is 343 g/mol. The van der Waals surface area contributed by atoms with Crippen LogP contribution in [-0.2, 0) is 10.2 Å². The summed E-state index contributed by atoms with van der Waals surface area (Å²) in [7, 11) is -4.96. The highest BCUT2D eigenvalue weighted by Gasteiger charge is 2.51. The van der Waals surface area contributed by atoms with Gasteiger partial charge >= 0.3 is 7.12 Å². The van der Waals surface area contributed by atoms with Gasteiger partial charge in [-0.3, -0.25) is 0 Å². The van der Waals surface area contributed by atoms with Crippen molar-refractivity contribution in [1.29, 1.82) is 0 Å². The van der Waals surface area contributed by atoms with Gasteiger partial charge in [0, 0.05) is 36.8 Å². The lowest BCUT2D eigenvalue weighted by molar-refractivity contribution is 0.272. The summed E-state index contributed by atoms with van der Waals surface area (Å²) in [4.78, 5) is 0. The van der Waals surface area contributed by atoms with E-state index in [1.165, 1.54) is 8.61 Å². The maximum absolute atomic E-state index is 13.2. The third kappa shape index (κ3) is 4.55. The molecule has 1 aliphatic carbocycles. The lowest BCUT2D eigenvalue weighted by Crippen LogP contribution is -2.55. The summed E-state index contributed by atoms with van der Waals surface area (Å²) in [6.07, 6.45) is 3.23. The number of nitrogens with zero attached hydrogens (tertiary/aromatic N) is 2. The van der Waals surface area contributed by atoms with E-state index in [2.05, 4.69) is 0 Å². The Morgan fingerprint density at radius 1 is 1.36 bits per heavy atom. The van der Waals surface area contributed by atoms with E-state index in [4.69, 9.17) is 21.5 Å². The molecule has 1 saturated carbocycles. The number of hydrogen-bond donors (Lipinski definition) is 4. The Kier molecular flexibility index (Phi) is 6.25. The molecule has 0 aromatic carbocycles. The Morgan fingerprint density at radius 2 is 1.96 bits per heavy atom. The fraction of sp³-hybridized carbons (Fsp3) is 1.00. The van der Waals surface area contributed by atoms with E-state index in [1.807, 2.05) is 20.8 Å². The standard InChI is InChI=1S/C15H33BN4O4S/c1-4-20(12(2)15(18)7-8-15)25(23,24)19-10-13(14(3,17)11-19)6-5-9-16(21)22/h12-13,21-22H,4-11,17-18H2,1-3H3/t12?,13-,14-/m0/s1. The van der Waals surface area contributed by atoms with Crippen molar-refractivity contribution in [2.45, 2.75) is 69.9 Å². The zero-order valence-electron chi connectivity index (χ0n) is 15.6. The Morgan fingerprint density at radius 3 is 2.44 bits per heavy atom. The van der Waals surface area contributed by atoms with Crippen LogP contribution in [0.5, 0.6) is 0 Å². The van der Waals surface area contributed by atoms with Crippen LogP contribution in [0.4, 0.5) is 0 Å². The van der Waals surface area contributed by atoms with Crippen LogP contribution in [0, 0.1) is 5.92 Å². The van der Waals surface area contributed by atoms with E-state index in [0.29, 0.717) is 25.9 Å². The van der Waals surface area contributed by atoms with E-state index >= 15 is 0 Å². The van der Waals surface area contributed by atoms with Crippen LogP contribution in [-0.4, -0.2) is 70.9 Å². The normalized spacial score (nSPS) is 30.6. The molecule has 25 heavy (non-hydrogen) atoms. The highest BCUT2D eigenvalue weighted by Crippen LogP contribution is 2.40. The van der Waals surface area contributed by atoms with Crippen LogP contribution in [0.25, 0.3) is 0 Å². The monoisotopic (exact) mass is 376 g/mol. The Hall–Kier alpha value is -0.225. The first-order chi connectivity index (χ1) is 11.4. The third-order valence-electron chi connectivity index (χ3n) is 5.91. The second-order valence-electron chi connectivity index (χ2n) is 8.03. The summed E-state index contributed by atoms with van der Waals surface area (Å²) in [6, 6.07) is -0.241. The molecule has 0 spiro atoms. The van der Waals surface area contributed by atoms with Crippen LogP contribution in [0.1, 0.15) is 46.5 Å². The smallest absolute Gasteiger partial charge is 0.427 e. The average Bonchev–Trinajstić information content (AvgIpc) is 3.16. The van der Waals surface area contributed by atoms with Crippen LogP contribution in [0.3, 0.4) is 0 Å². The van der Waals surface area contributed by atoms with Gasteiger partial charge in [-0.1, -0.05) is 13.3 Å². The number of nitrogens with two attached hydrogens (primary N) is 2. The summed E-state index contributed by atoms with van der Waals surface area (Å²) >= 11 is 0. The van der Waals surface area contributed by atoms with Crippen LogP contribution < -0.4 is 11.5 Å². The predicted octanol–water partition coefficient (Wildman–Crippen LogP) is -0.665. The zero-order chi connectivity index (χ0) is 19.0. The van der Waals surface area contributed by atoms with Crippen molar-refractivity contribution in [3.05, 3.63) is 0 Å². The minimum atomic E-state index is -3.63. The summed E-state index contributed by atoms with van der Waals surface area (Å²) in [6.45, 7) is 6.58. The minimum absolute atomic E-state index is 0.0113. The van der Waals surface area contributed by atoms with E-state index in [1.54, 1.807) is 0 Å². The van der Waals surface area contributed by atoms with Gasteiger partial charge in [0.1, 0.15) is 0 Å². The number of likely N-dealkylation sites (N-methyl/N-ethyl adjacent to an activating group) is 1. The molecule has 6 N–H and O–H groups in total. The molecule has 0 amide bonds. The number of rotatable bonds is 9. The number of hydrogen-bond acceptors (Lipinski definition) is 6. The van der Waals surface area contributed by atoms with Crippen molar-refractivity contribution in [1.82, 2.24) is 8.61 Å². The molecule has 3 atom stereocenters. The first-order valence-electron chi connectivity index (χ1n) is 9.15. The SMILES string of the molecule is CCN(C(C)C1(N)CC1)S(=O)(=O)N1C[C@H](CCCB(O)O)[C@@](C)(N)C1. The van der Waals surface area contributed by atoms with Crippen LogP contribution in [0.2, 0.25) is 6.32 Å². The molecule has 2 aliphatic rings. The van der Waals surface area contributed by atoms with Gasteiger partial charge in [-0.2, -0.15) is 17.0 Å². The molecule has 1 saturated heterocycles. The Balaban J connectivity index is 2.08.